The summed E-state index contributed by atoms with van der Waals surface area (Å²) in [5.74, 6) is -0.531. The highest BCUT2D eigenvalue weighted by Crippen LogP contribution is 2.22. The number of carbonyl (C=O) groups excluding carboxylic acids is 1. The molecule has 0 aliphatic heterocycles. The van der Waals surface area contributed by atoms with E-state index in [0.717, 1.165) is 0 Å². The van der Waals surface area contributed by atoms with Crippen molar-refractivity contribution in [3.05, 3.63) is 69.5 Å². The molecule has 2 rings (SSSR count). The van der Waals surface area contributed by atoms with Gasteiger partial charge in [-0.2, -0.15) is 0 Å². The molecule has 0 heterocycles. The lowest BCUT2D eigenvalue weighted by atomic mass is 10.1. The summed E-state index contributed by atoms with van der Waals surface area (Å²) in [5, 5.41) is 3.44. The van der Waals surface area contributed by atoms with Crippen LogP contribution in [0.15, 0.2) is 42.5 Å². The lowest BCUT2D eigenvalue weighted by Crippen LogP contribution is -2.25. The predicted molar refractivity (Wildman–Crippen MR) is 78.9 cm³/mol. The Kier molecular flexibility index (Phi) is 4.99. The molecular weight excluding hydrogens is 300 g/mol. The summed E-state index contributed by atoms with van der Waals surface area (Å²) in [6.45, 7) is 0.347. The molecule has 5 heteroatoms. The van der Waals surface area contributed by atoms with Crippen molar-refractivity contribution in [2.75, 3.05) is 6.54 Å². The number of rotatable bonds is 4. The number of amides is 1. The van der Waals surface area contributed by atoms with Crippen LogP contribution in [0.5, 0.6) is 0 Å². The minimum absolute atomic E-state index is 0.264. The van der Waals surface area contributed by atoms with Gasteiger partial charge in [0.05, 0.1) is 10.0 Å². The molecule has 2 nitrogen and oxygen atoms in total. The molecule has 0 radical (unpaired) electrons. The number of carbonyl (C=O) groups is 1. The molecule has 0 spiro atoms. The number of benzene rings is 2. The Morgan fingerprint density at radius 3 is 2.55 bits per heavy atom. The highest BCUT2D eigenvalue weighted by Gasteiger charge is 2.08. The van der Waals surface area contributed by atoms with Crippen LogP contribution in [0, 0.1) is 5.82 Å². The summed E-state index contributed by atoms with van der Waals surface area (Å²) < 4.78 is 13.4. The molecule has 0 saturated carbocycles. The van der Waals surface area contributed by atoms with Crippen LogP contribution in [0.25, 0.3) is 0 Å². The molecule has 104 valence electrons. The van der Waals surface area contributed by atoms with Crippen molar-refractivity contribution in [1.82, 2.24) is 5.32 Å². The molecule has 0 aliphatic carbocycles. The van der Waals surface area contributed by atoms with Crippen molar-refractivity contribution < 1.29 is 9.18 Å². The van der Waals surface area contributed by atoms with E-state index in [0.29, 0.717) is 34.1 Å². The van der Waals surface area contributed by atoms with Crippen LogP contribution in [0.3, 0.4) is 0 Å². The van der Waals surface area contributed by atoms with Gasteiger partial charge in [0.2, 0.25) is 0 Å². The molecule has 0 bridgehead atoms. The second kappa shape index (κ2) is 6.73. The molecule has 0 atom stereocenters. The fraction of sp³-hybridized carbons (Fsp3) is 0.133. The van der Waals surface area contributed by atoms with E-state index in [-0.39, 0.29) is 11.7 Å². The first-order valence-electron chi connectivity index (χ1n) is 6.04. The summed E-state index contributed by atoms with van der Waals surface area (Å²) >= 11 is 11.6. The smallest absolute Gasteiger partial charge is 0.251 e. The molecule has 2 aromatic rings. The first-order chi connectivity index (χ1) is 9.58. The van der Waals surface area contributed by atoms with E-state index in [1.807, 2.05) is 0 Å². The zero-order valence-corrected chi connectivity index (χ0v) is 12.0. The van der Waals surface area contributed by atoms with E-state index in [1.54, 1.807) is 30.3 Å². The van der Waals surface area contributed by atoms with Gasteiger partial charge in [-0.15, -0.1) is 0 Å². The summed E-state index contributed by atoms with van der Waals surface area (Å²) in [6.07, 6.45) is 0.430. The normalized spacial score (nSPS) is 10.3. The van der Waals surface area contributed by atoms with E-state index in [2.05, 4.69) is 5.32 Å². The lowest BCUT2D eigenvalue weighted by Gasteiger charge is -2.07. The molecule has 0 aromatic heterocycles. The number of nitrogens with one attached hydrogen (secondary N) is 1. The summed E-state index contributed by atoms with van der Waals surface area (Å²) in [6, 6.07) is 11.1. The Hall–Kier alpha value is -1.58. The Bertz CT molecular complexity index is 631. The third-order valence-electron chi connectivity index (χ3n) is 2.82. The molecule has 0 fully saturated rings. The third-order valence-corrected chi connectivity index (χ3v) is 3.56. The fourth-order valence-electron chi connectivity index (χ4n) is 1.75. The standard InChI is InChI=1S/C15H12Cl2FNO/c16-12-6-5-11(9-13(12)17)15(20)19-8-7-10-3-1-2-4-14(10)18/h1-6,9H,7-8H2,(H,19,20). The zero-order valence-electron chi connectivity index (χ0n) is 10.5. The third kappa shape index (κ3) is 3.71. The zero-order chi connectivity index (χ0) is 14.5. The van der Waals surface area contributed by atoms with Crippen LogP contribution in [0.4, 0.5) is 4.39 Å². The van der Waals surface area contributed by atoms with Crippen molar-refractivity contribution in [3.8, 4) is 0 Å². The van der Waals surface area contributed by atoms with Gasteiger partial charge >= 0.3 is 0 Å². The van der Waals surface area contributed by atoms with Gasteiger partial charge < -0.3 is 5.32 Å². The summed E-state index contributed by atoms with van der Waals surface area (Å²) in [4.78, 5) is 11.9. The second-order valence-corrected chi connectivity index (χ2v) is 5.04. The Labute approximate surface area is 126 Å². The van der Waals surface area contributed by atoms with E-state index >= 15 is 0 Å². The molecule has 1 N–H and O–H groups in total. The monoisotopic (exact) mass is 311 g/mol. The maximum Gasteiger partial charge on any atom is 0.251 e. The van der Waals surface area contributed by atoms with Gasteiger partial charge in [-0.3, -0.25) is 4.79 Å². The van der Waals surface area contributed by atoms with E-state index in [9.17, 15) is 9.18 Å². The molecular formula is C15H12Cl2FNO. The van der Waals surface area contributed by atoms with Crippen molar-refractivity contribution in [3.63, 3.8) is 0 Å². The van der Waals surface area contributed by atoms with Crippen LogP contribution in [-0.2, 0) is 6.42 Å². The van der Waals surface area contributed by atoms with Crippen molar-refractivity contribution >= 4 is 29.1 Å². The minimum Gasteiger partial charge on any atom is -0.352 e. The highest BCUT2D eigenvalue weighted by atomic mass is 35.5. The fourth-order valence-corrected chi connectivity index (χ4v) is 2.05. The average Bonchev–Trinajstić information content (AvgIpc) is 2.44. The highest BCUT2D eigenvalue weighted by molar-refractivity contribution is 6.42. The average molecular weight is 312 g/mol. The minimum atomic E-state index is -0.267. The van der Waals surface area contributed by atoms with Gasteiger partial charge in [0, 0.05) is 12.1 Å². The first kappa shape index (κ1) is 14.8. The molecule has 1 amide bonds. The van der Waals surface area contributed by atoms with Crippen LogP contribution in [-0.4, -0.2) is 12.5 Å². The Morgan fingerprint density at radius 2 is 1.85 bits per heavy atom. The maximum atomic E-state index is 13.4. The van der Waals surface area contributed by atoms with Crippen molar-refractivity contribution in [2.24, 2.45) is 0 Å². The quantitative estimate of drug-likeness (QED) is 0.904. The van der Waals surface area contributed by atoms with Gasteiger partial charge in [-0.1, -0.05) is 41.4 Å². The topological polar surface area (TPSA) is 29.1 Å². The van der Waals surface area contributed by atoms with Gasteiger partial charge in [0.25, 0.3) is 5.91 Å². The SMILES string of the molecule is O=C(NCCc1ccccc1F)c1ccc(Cl)c(Cl)c1. The van der Waals surface area contributed by atoms with E-state index in [4.69, 9.17) is 23.2 Å². The van der Waals surface area contributed by atoms with Crippen LogP contribution < -0.4 is 5.32 Å². The first-order valence-corrected chi connectivity index (χ1v) is 6.80. The van der Waals surface area contributed by atoms with Crippen molar-refractivity contribution in [2.45, 2.75) is 6.42 Å². The van der Waals surface area contributed by atoms with Gasteiger partial charge in [0.1, 0.15) is 5.82 Å². The molecule has 0 aliphatic rings. The number of hydrogen-bond acceptors (Lipinski definition) is 1. The molecule has 0 saturated heterocycles. The van der Waals surface area contributed by atoms with Gasteiger partial charge in [0.15, 0.2) is 0 Å². The molecule has 2 aromatic carbocycles. The van der Waals surface area contributed by atoms with Gasteiger partial charge in [-0.05, 0) is 36.2 Å². The van der Waals surface area contributed by atoms with Crippen LogP contribution >= 0.6 is 23.2 Å². The summed E-state index contributed by atoms with van der Waals surface area (Å²) in [5.41, 5.74) is 0.995. The second-order valence-electron chi connectivity index (χ2n) is 4.23. The van der Waals surface area contributed by atoms with E-state index in [1.165, 1.54) is 12.1 Å². The van der Waals surface area contributed by atoms with E-state index < -0.39 is 0 Å². The Balaban J connectivity index is 1.92. The van der Waals surface area contributed by atoms with Crippen LogP contribution in [0.2, 0.25) is 10.0 Å². The number of hydrogen-bond donors (Lipinski definition) is 1. The van der Waals surface area contributed by atoms with Crippen molar-refractivity contribution in [1.29, 1.82) is 0 Å². The number of halogens is 3. The van der Waals surface area contributed by atoms with Gasteiger partial charge in [-0.25, -0.2) is 4.39 Å². The summed E-state index contributed by atoms with van der Waals surface area (Å²) in [7, 11) is 0. The molecule has 20 heavy (non-hydrogen) atoms. The van der Waals surface area contributed by atoms with Crippen LogP contribution in [0.1, 0.15) is 15.9 Å². The molecule has 0 unspecified atom stereocenters. The largest absolute Gasteiger partial charge is 0.352 e. The Morgan fingerprint density at radius 1 is 1.10 bits per heavy atom. The maximum absolute atomic E-state index is 13.4. The lowest BCUT2D eigenvalue weighted by molar-refractivity contribution is 0.0954. The predicted octanol–water partition coefficient (Wildman–Crippen LogP) is 4.11.